The number of aromatic nitrogens is 2. The first-order valence-electron chi connectivity index (χ1n) is 17.6. The summed E-state index contributed by atoms with van der Waals surface area (Å²) in [4.78, 5) is 58.4. The first kappa shape index (κ1) is 36.5. The summed E-state index contributed by atoms with van der Waals surface area (Å²) in [5.74, 6) is -2.38. The van der Waals surface area contributed by atoms with Crippen molar-refractivity contribution in [2.45, 2.75) is 101 Å². The quantitative estimate of drug-likeness (QED) is 0.250. The number of nitrogens with zero attached hydrogens (tertiary/aromatic N) is 4. The van der Waals surface area contributed by atoms with E-state index in [9.17, 15) is 19.2 Å². The standard InChI is InChI=1S/C35H51FN8O4Si/c1-22(2)44-29(15-16-37-44)31(45)41-35(49-5,25-9-7-6-8-10-25)33(47)39-28-14-11-24(21-27(28)36)23(3)30(40-34(48)38-26-12-13-26)32(46)43-19-17-42(4)18-20-43/h11,14-16,21-23,25-26,30H,6-10,12-13,17-20H2,1-5H3,(H,39,47)(H,41,45)(H2,38,40,48)/t23-,30+,35-/m0/s1. The van der Waals surface area contributed by atoms with Crippen molar-refractivity contribution in [3.05, 3.63) is 47.5 Å². The molecule has 2 aliphatic carbocycles. The van der Waals surface area contributed by atoms with Gasteiger partial charge in [0.2, 0.25) is 11.8 Å². The number of rotatable bonds is 12. The molecule has 0 spiro atoms. The van der Waals surface area contributed by atoms with Crippen molar-refractivity contribution in [2.75, 3.05) is 38.5 Å². The van der Waals surface area contributed by atoms with Crippen LogP contribution in [-0.4, -0.2) is 103 Å². The average Bonchev–Trinajstić information content (AvgIpc) is 3.76. The van der Waals surface area contributed by atoms with Crippen LogP contribution in [0.25, 0.3) is 0 Å². The van der Waals surface area contributed by atoms with Crippen molar-refractivity contribution in [2.24, 2.45) is 5.92 Å². The van der Waals surface area contributed by atoms with E-state index in [1.807, 2.05) is 27.4 Å². The number of urea groups is 1. The summed E-state index contributed by atoms with van der Waals surface area (Å²) in [7, 11) is 2.02. The van der Waals surface area contributed by atoms with E-state index in [0.29, 0.717) is 24.3 Å². The molecule has 49 heavy (non-hydrogen) atoms. The molecule has 2 aromatic rings. The van der Waals surface area contributed by atoms with Crippen LogP contribution in [-0.2, 0) is 9.59 Å². The Kier molecular flexibility index (Phi) is 11.8. The lowest BCUT2D eigenvalue weighted by Gasteiger charge is -2.41. The fourth-order valence-electron chi connectivity index (χ4n) is 6.96. The molecule has 4 N–H and O–H groups in total. The van der Waals surface area contributed by atoms with Crippen LogP contribution in [0.2, 0.25) is 6.55 Å². The van der Waals surface area contributed by atoms with Gasteiger partial charge in [0.25, 0.3) is 5.91 Å². The van der Waals surface area contributed by atoms with Crippen LogP contribution in [0.1, 0.15) is 93.7 Å². The van der Waals surface area contributed by atoms with Crippen LogP contribution in [0.5, 0.6) is 0 Å². The van der Waals surface area contributed by atoms with Gasteiger partial charge in [-0.1, -0.05) is 38.8 Å². The van der Waals surface area contributed by atoms with E-state index in [1.165, 1.54) is 12.1 Å². The summed E-state index contributed by atoms with van der Waals surface area (Å²) in [5, 5.41) is 14.7. The summed E-state index contributed by atoms with van der Waals surface area (Å²) in [6.45, 7) is 10.1. The van der Waals surface area contributed by atoms with E-state index < -0.39 is 34.9 Å². The number of anilines is 1. The van der Waals surface area contributed by atoms with Crippen LogP contribution in [0.4, 0.5) is 14.9 Å². The van der Waals surface area contributed by atoms with Crippen molar-refractivity contribution in [3.63, 3.8) is 0 Å². The lowest BCUT2D eigenvalue weighted by molar-refractivity contribution is -0.135. The third kappa shape index (κ3) is 8.51. The van der Waals surface area contributed by atoms with E-state index in [2.05, 4.69) is 31.3 Å². The van der Waals surface area contributed by atoms with Gasteiger partial charge in [0.05, 0.1) is 15.2 Å². The van der Waals surface area contributed by atoms with Crippen molar-refractivity contribution in [1.82, 2.24) is 35.5 Å². The molecule has 1 saturated heterocycles. The number of carbonyl (C=O) groups excluding carboxylic acids is 4. The van der Waals surface area contributed by atoms with E-state index in [0.717, 1.165) is 58.0 Å². The Morgan fingerprint density at radius 3 is 2.29 bits per heavy atom. The molecule has 0 bridgehead atoms. The van der Waals surface area contributed by atoms with Gasteiger partial charge in [-0.05, 0) is 76.3 Å². The van der Waals surface area contributed by atoms with E-state index in [1.54, 1.807) is 34.8 Å². The minimum atomic E-state index is -1.24. The number of carbonyl (C=O) groups is 4. The molecule has 3 atom stereocenters. The maximum atomic E-state index is 15.9. The molecular formula is C35H51FN8O4Si. The average molecular weight is 695 g/mol. The fraction of sp³-hybridized carbons (Fsp3) is 0.629. The maximum absolute atomic E-state index is 15.9. The lowest BCUT2D eigenvalue weighted by atomic mass is 9.82. The zero-order valence-corrected chi connectivity index (χ0v) is 30.4. The molecular weight excluding hydrogens is 644 g/mol. The molecule has 266 valence electrons. The second kappa shape index (κ2) is 15.8. The van der Waals surface area contributed by atoms with Gasteiger partial charge in [-0.25, -0.2) is 9.18 Å². The van der Waals surface area contributed by atoms with Crippen LogP contribution in [0, 0.1) is 11.7 Å². The summed E-state index contributed by atoms with van der Waals surface area (Å²) in [6, 6.07) is 4.89. The van der Waals surface area contributed by atoms with Crippen LogP contribution >= 0.6 is 0 Å². The van der Waals surface area contributed by atoms with Gasteiger partial charge in [0, 0.05) is 50.4 Å². The number of likely N-dealkylation sites (N-methyl/N-ethyl adjacent to an activating group) is 1. The maximum Gasteiger partial charge on any atom is 0.315 e. The van der Waals surface area contributed by atoms with E-state index in [4.69, 9.17) is 0 Å². The third-order valence-electron chi connectivity index (χ3n) is 10.2. The zero-order chi connectivity index (χ0) is 35.3. The highest BCUT2D eigenvalue weighted by Crippen LogP contribution is 2.35. The lowest BCUT2D eigenvalue weighted by Crippen LogP contribution is -2.65. The SMILES string of the molecule is C[Si][C@](NC(=O)c1ccnn1C(C)C)(C(=O)Nc1ccc([C@H](C)[C@@H](NC(=O)NC2CC2)C(=O)N2CCN(C)CC2)cc1F)C1CCCCC1. The second-order valence-electron chi connectivity index (χ2n) is 14.1. The van der Waals surface area contributed by atoms with E-state index >= 15 is 4.39 Å². The summed E-state index contributed by atoms with van der Waals surface area (Å²) in [6.07, 6.45) is 7.91. The Bertz CT molecular complexity index is 1500. The van der Waals surface area contributed by atoms with Crippen LogP contribution in [0.3, 0.4) is 0 Å². The Morgan fingerprint density at radius 2 is 1.67 bits per heavy atom. The number of benzene rings is 1. The minimum Gasteiger partial charge on any atom is -0.339 e. The number of amides is 5. The molecule has 3 fully saturated rings. The smallest absolute Gasteiger partial charge is 0.315 e. The first-order chi connectivity index (χ1) is 23.4. The van der Waals surface area contributed by atoms with Gasteiger partial charge in [-0.3, -0.25) is 19.1 Å². The monoisotopic (exact) mass is 694 g/mol. The number of halogens is 1. The molecule has 1 aromatic carbocycles. The predicted octanol–water partition coefficient (Wildman–Crippen LogP) is 3.71. The second-order valence-corrected chi connectivity index (χ2v) is 15.4. The molecule has 1 aromatic heterocycles. The van der Waals surface area contributed by atoms with Gasteiger partial charge in [-0.15, -0.1) is 0 Å². The zero-order valence-electron chi connectivity index (χ0n) is 29.4. The molecule has 2 radical (unpaired) electrons. The summed E-state index contributed by atoms with van der Waals surface area (Å²) in [5.41, 5.74) is 0.869. The Morgan fingerprint density at radius 1 is 0.980 bits per heavy atom. The highest BCUT2D eigenvalue weighted by atomic mass is 28.2. The van der Waals surface area contributed by atoms with Crippen molar-refractivity contribution in [3.8, 4) is 0 Å². The number of hydrogen-bond acceptors (Lipinski definition) is 6. The van der Waals surface area contributed by atoms with Gasteiger partial charge < -0.3 is 31.1 Å². The van der Waals surface area contributed by atoms with E-state index in [-0.39, 0.29) is 45.0 Å². The Hall–Kier alpha value is -3.78. The summed E-state index contributed by atoms with van der Waals surface area (Å²) < 4.78 is 17.6. The highest BCUT2D eigenvalue weighted by Gasteiger charge is 2.46. The molecule has 0 unspecified atom stereocenters. The largest absolute Gasteiger partial charge is 0.339 e. The molecule has 14 heteroatoms. The number of nitrogens with one attached hydrogen (secondary N) is 4. The third-order valence-corrected chi connectivity index (χ3v) is 11.8. The normalized spacial score (nSPS) is 19.9. The molecule has 3 aliphatic rings. The first-order valence-corrected chi connectivity index (χ1v) is 19.1. The van der Waals surface area contributed by atoms with Crippen molar-refractivity contribution in [1.29, 1.82) is 0 Å². The molecule has 5 amide bonds. The van der Waals surface area contributed by atoms with Crippen molar-refractivity contribution < 1.29 is 23.6 Å². The molecule has 5 rings (SSSR count). The Balaban J connectivity index is 1.37. The number of piperazine rings is 1. The molecule has 1 aliphatic heterocycles. The highest BCUT2D eigenvalue weighted by molar-refractivity contribution is 6.48. The molecule has 2 heterocycles. The van der Waals surface area contributed by atoms with Gasteiger partial charge in [0.15, 0.2) is 0 Å². The van der Waals surface area contributed by atoms with Crippen molar-refractivity contribution >= 4 is 39.0 Å². The molecule has 2 saturated carbocycles. The minimum absolute atomic E-state index is 0.0118. The van der Waals surface area contributed by atoms with Gasteiger partial charge in [-0.2, -0.15) is 5.10 Å². The Labute approximate surface area is 291 Å². The topological polar surface area (TPSA) is 141 Å². The predicted molar refractivity (Wildman–Crippen MR) is 187 cm³/mol. The number of hydrogen-bond donors (Lipinski definition) is 4. The fourth-order valence-corrected chi connectivity index (χ4v) is 8.18. The van der Waals surface area contributed by atoms with Gasteiger partial charge >= 0.3 is 6.03 Å². The molecule has 12 nitrogen and oxygen atoms in total. The summed E-state index contributed by atoms with van der Waals surface area (Å²) >= 11 is 0. The van der Waals surface area contributed by atoms with Gasteiger partial charge in [0.1, 0.15) is 22.7 Å². The van der Waals surface area contributed by atoms with Crippen LogP contribution < -0.4 is 21.3 Å². The van der Waals surface area contributed by atoms with Crippen LogP contribution in [0.15, 0.2) is 30.5 Å².